The second-order valence-electron chi connectivity index (χ2n) is 3.34. The summed E-state index contributed by atoms with van der Waals surface area (Å²) in [6, 6.07) is 5.42. The SMILES string of the molecule is N#Cc1ncccc1OC[C@@H]1COCCO1. The van der Waals surface area contributed by atoms with Gasteiger partial charge in [0.05, 0.1) is 19.8 Å². The minimum Gasteiger partial charge on any atom is -0.488 e. The van der Waals surface area contributed by atoms with Crippen LogP contribution in [0.5, 0.6) is 5.75 Å². The first-order valence-corrected chi connectivity index (χ1v) is 5.07. The third-order valence-corrected chi connectivity index (χ3v) is 2.19. The topological polar surface area (TPSA) is 64.4 Å². The molecule has 2 rings (SSSR count). The Bertz CT molecular complexity index is 383. The zero-order valence-electron chi connectivity index (χ0n) is 8.76. The van der Waals surface area contributed by atoms with Gasteiger partial charge in [-0.05, 0) is 12.1 Å². The summed E-state index contributed by atoms with van der Waals surface area (Å²) in [6.45, 7) is 2.13. The van der Waals surface area contributed by atoms with Gasteiger partial charge in [0.15, 0.2) is 11.4 Å². The fraction of sp³-hybridized carbons (Fsp3) is 0.455. The van der Waals surface area contributed by atoms with Crippen LogP contribution in [0.15, 0.2) is 18.3 Å². The predicted octanol–water partition coefficient (Wildman–Crippen LogP) is 0.747. The van der Waals surface area contributed by atoms with Gasteiger partial charge in [-0.1, -0.05) is 0 Å². The van der Waals surface area contributed by atoms with Gasteiger partial charge in [0, 0.05) is 6.20 Å². The second-order valence-corrected chi connectivity index (χ2v) is 3.34. The first-order chi connectivity index (χ1) is 7.90. The fourth-order valence-electron chi connectivity index (χ4n) is 1.41. The summed E-state index contributed by atoms with van der Waals surface area (Å²) in [6.07, 6.45) is 1.49. The number of nitrogens with zero attached hydrogens (tertiary/aromatic N) is 2. The summed E-state index contributed by atoms with van der Waals surface area (Å²) in [4.78, 5) is 3.90. The number of hydrogen-bond donors (Lipinski definition) is 0. The van der Waals surface area contributed by atoms with E-state index >= 15 is 0 Å². The summed E-state index contributed by atoms with van der Waals surface area (Å²) in [7, 11) is 0. The van der Waals surface area contributed by atoms with E-state index in [9.17, 15) is 0 Å². The van der Waals surface area contributed by atoms with Crippen molar-refractivity contribution in [1.29, 1.82) is 5.26 Å². The molecular formula is C11H12N2O3. The van der Waals surface area contributed by atoms with Crippen molar-refractivity contribution in [2.75, 3.05) is 26.4 Å². The monoisotopic (exact) mass is 220 g/mol. The van der Waals surface area contributed by atoms with Crippen LogP contribution in [0.25, 0.3) is 0 Å². The molecule has 1 atom stereocenters. The van der Waals surface area contributed by atoms with Gasteiger partial charge in [-0.25, -0.2) is 4.98 Å². The van der Waals surface area contributed by atoms with Gasteiger partial charge in [0.1, 0.15) is 18.8 Å². The van der Waals surface area contributed by atoms with E-state index in [0.717, 1.165) is 0 Å². The van der Waals surface area contributed by atoms with Gasteiger partial charge in [-0.15, -0.1) is 0 Å². The Balaban J connectivity index is 1.91. The van der Waals surface area contributed by atoms with Crippen molar-refractivity contribution >= 4 is 0 Å². The van der Waals surface area contributed by atoms with Crippen LogP contribution in [0.1, 0.15) is 5.69 Å². The van der Waals surface area contributed by atoms with Crippen molar-refractivity contribution in [2.24, 2.45) is 0 Å². The molecule has 0 spiro atoms. The highest BCUT2D eigenvalue weighted by molar-refractivity contribution is 5.36. The lowest BCUT2D eigenvalue weighted by Gasteiger charge is -2.22. The Morgan fingerprint density at radius 3 is 3.25 bits per heavy atom. The molecule has 0 amide bonds. The number of pyridine rings is 1. The number of hydrogen-bond acceptors (Lipinski definition) is 5. The molecule has 1 saturated heterocycles. The molecule has 84 valence electrons. The van der Waals surface area contributed by atoms with Crippen LogP contribution < -0.4 is 4.74 Å². The molecule has 0 bridgehead atoms. The average molecular weight is 220 g/mol. The van der Waals surface area contributed by atoms with Crippen LogP contribution in [0.4, 0.5) is 0 Å². The van der Waals surface area contributed by atoms with E-state index in [-0.39, 0.29) is 6.10 Å². The van der Waals surface area contributed by atoms with Crippen molar-refractivity contribution in [1.82, 2.24) is 4.98 Å². The lowest BCUT2D eigenvalue weighted by Crippen LogP contribution is -2.33. The number of ether oxygens (including phenoxy) is 3. The van der Waals surface area contributed by atoms with Crippen molar-refractivity contribution < 1.29 is 14.2 Å². The third kappa shape index (κ3) is 2.69. The second kappa shape index (κ2) is 5.45. The van der Waals surface area contributed by atoms with Gasteiger partial charge in [-0.2, -0.15) is 5.26 Å². The van der Waals surface area contributed by atoms with E-state index in [1.807, 2.05) is 6.07 Å². The number of nitriles is 1. The zero-order chi connectivity index (χ0) is 11.2. The summed E-state index contributed by atoms with van der Waals surface area (Å²) in [5, 5.41) is 8.81. The van der Waals surface area contributed by atoms with E-state index in [0.29, 0.717) is 37.9 Å². The smallest absolute Gasteiger partial charge is 0.182 e. The van der Waals surface area contributed by atoms with E-state index < -0.39 is 0 Å². The Hall–Kier alpha value is -1.64. The molecule has 2 heterocycles. The quantitative estimate of drug-likeness (QED) is 0.752. The van der Waals surface area contributed by atoms with Gasteiger partial charge in [0.2, 0.25) is 0 Å². The molecule has 1 aliphatic heterocycles. The van der Waals surface area contributed by atoms with Crippen LogP contribution in [0.3, 0.4) is 0 Å². The van der Waals surface area contributed by atoms with Crippen LogP contribution in [-0.4, -0.2) is 37.5 Å². The number of aromatic nitrogens is 1. The van der Waals surface area contributed by atoms with E-state index in [1.165, 1.54) is 0 Å². The van der Waals surface area contributed by atoms with Crippen molar-refractivity contribution in [3.05, 3.63) is 24.0 Å². The summed E-state index contributed by atoms with van der Waals surface area (Å²) < 4.78 is 16.1. The molecule has 0 saturated carbocycles. The highest BCUT2D eigenvalue weighted by Gasteiger charge is 2.15. The van der Waals surface area contributed by atoms with Crippen molar-refractivity contribution in [3.8, 4) is 11.8 Å². The first kappa shape index (κ1) is 10.9. The molecule has 1 fully saturated rings. The lowest BCUT2D eigenvalue weighted by molar-refractivity contribution is -0.101. The molecule has 0 radical (unpaired) electrons. The first-order valence-electron chi connectivity index (χ1n) is 5.07. The van der Waals surface area contributed by atoms with Crippen LogP contribution in [0, 0.1) is 11.3 Å². The maximum atomic E-state index is 8.81. The van der Waals surface area contributed by atoms with Gasteiger partial charge < -0.3 is 14.2 Å². The molecular weight excluding hydrogens is 208 g/mol. The Morgan fingerprint density at radius 2 is 2.50 bits per heavy atom. The molecule has 1 aromatic rings. The van der Waals surface area contributed by atoms with E-state index in [2.05, 4.69) is 4.98 Å². The van der Waals surface area contributed by atoms with Crippen molar-refractivity contribution in [3.63, 3.8) is 0 Å². The molecule has 0 N–H and O–H groups in total. The Kier molecular flexibility index (Phi) is 3.70. The highest BCUT2D eigenvalue weighted by Crippen LogP contribution is 2.14. The molecule has 5 nitrogen and oxygen atoms in total. The molecule has 5 heteroatoms. The number of rotatable bonds is 3. The molecule has 0 aliphatic carbocycles. The fourth-order valence-corrected chi connectivity index (χ4v) is 1.41. The summed E-state index contributed by atoms with van der Waals surface area (Å²) in [5.74, 6) is 0.485. The largest absolute Gasteiger partial charge is 0.488 e. The summed E-state index contributed by atoms with van der Waals surface area (Å²) >= 11 is 0. The molecule has 16 heavy (non-hydrogen) atoms. The van der Waals surface area contributed by atoms with Gasteiger partial charge in [0.25, 0.3) is 0 Å². The minimum absolute atomic E-state index is 0.0690. The van der Waals surface area contributed by atoms with Crippen molar-refractivity contribution in [2.45, 2.75) is 6.10 Å². The van der Waals surface area contributed by atoms with Crippen LogP contribution >= 0.6 is 0 Å². The minimum atomic E-state index is -0.0690. The zero-order valence-corrected chi connectivity index (χ0v) is 8.76. The van der Waals surface area contributed by atoms with Crippen LogP contribution in [-0.2, 0) is 9.47 Å². The van der Waals surface area contributed by atoms with Crippen LogP contribution in [0.2, 0.25) is 0 Å². The molecule has 0 aromatic carbocycles. The maximum Gasteiger partial charge on any atom is 0.182 e. The van der Waals surface area contributed by atoms with E-state index in [4.69, 9.17) is 19.5 Å². The predicted molar refractivity (Wildman–Crippen MR) is 55.0 cm³/mol. The van der Waals surface area contributed by atoms with Gasteiger partial charge in [-0.3, -0.25) is 0 Å². The Labute approximate surface area is 93.6 Å². The van der Waals surface area contributed by atoms with Gasteiger partial charge >= 0.3 is 0 Å². The molecule has 0 unspecified atom stereocenters. The molecule has 1 aliphatic rings. The van der Waals surface area contributed by atoms with E-state index in [1.54, 1.807) is 18.3 Å². The third-order valence-electron chi connectivity index (χ3n) is 2.19. The maximum absolute atomic E-state index is 8.81. The highest BCUT2D eigenvalue weighted by atomic mass is 16.6. The normalized spacial score (nSPS) is 20.1. The Morgan fingerprint density at radius 1 is 1.56 bits per heavy atom. The lowest BCUT2D eigenvalue weighted by atomic mass is 10.3. The standard InChI is InChI=1S/C11H12N2O3/c12-6-10-11(2-1-3-13-10)16-8-9-7-14-4-5-15-9/h1-3,9H,4-5,7-8H2/t9-/m0/s1. The average Bonchev–Trinajstić information content (AvgIpc) is 2.38. The molecule has 1 aromatic heterocycles. The summed E-state index contributed by atoms with van der Waals surface area (Å²) in [5.41, 5.74) is 0.291.